The summed E-state index contributed by atoms with van der Waals surface area (Å²) in [5.74, 6) is 1.58. The quantitative estimate of drug-likeness (QED) is 0.855. The molecule has 106 valence electrons. The highest BCUT2D eigenvalue weighted by atomic mass is 15.3. The molecule has 0 radical (unpaired) electrons. The van der Waals surface area contributed by atoms with Crippen LogP contribution in [0.5, 0.6) is 0 Å². The number of rotatable bonds is 6. The second-order valence-corrected chi connectivity index (χ2v) is 5.39. The van der Waals surface area contributed by atoms with E-state index in [-0.39, 0.29) is 0 Å². The van der Waals surface area contributed by atoms with Gasteiger partial charge >= 0.3 is 0 Å². The third kappa shape index (κ3) is 4.33. The predicted molar refractivity (Wildman–Crippen MR) is 78.5 cm³/mol. The van der Waals surface area contributed by atoms with E-state index >= 15 is 0 Å². The lowest BCUT2D eigenvalue weighted by atomic mass is 9.96. The van der Waals surface area contributed by atoms with Gasteiger partial charge < -0.3 is 10.2 Å². The van der Waals surface area contributed by atoms with Crippen molar-refractivity contribution in [2.45, 2.75) is 57.9 Å². The monoisotopic (exact) mass is 263 g/mol. The molecule has 0 aromatic carbocycles. The van der Waals surface area contributed by atoms with Crippen LogP contribution in [0.25, 0.3) is 0 Å². The van der Waals surface area contributed by atoms with E-state index in [4.69, 9.17) is 0 Å². The Morgan fingerprint density at radius 2 is 2.11 bits per heavy atom. The lowest BCUT2D eigenvalue weighted by Gasteiger charge is -2.23. The number of aromatic nitrogens is 3. The third-order valence-corrected chi connectivity index (χ3v) is 3.72. The van der Waals surface area contributed by atoms with Gasteiger partial charge in [0.05, 0.1) is 6.20 Å². The summed E-state index contributed by atoms with van der Waals surface area (Å²) in [6.45, 7) is 3.21. The second-order valence-electron chi connectivity index (χ2n) is 5.39. The van der Waals surface area contributed by atoms with E-state index in [9.17, 15) is 0 Å². The summed E-state index contributed by atoms with van der Waals surface area (Å²) < 4.78 is 0. The molecule has 0 amide bonds. The van der Waals surface area contributed by atoms with Crippen molar-refractivity contribution >= 4 is 11.8 Å². The number of nitrogens with zero attached hydrogens (tertiary/aromatic N) is 4. The summed E-state index contributed by atoms with van der Waals surface area (Å²) >= 11 is 0. The fourth-order valence-electron chi connectivity index (χ4n) is 2.48. The molecule has 1 fully saturated rings. The number of hydrogen-bond donors (Lipinski definition) is 1. The minimum Gasteiger partial charge on any atom is -0.358 e. The summed E-state index contributed by atoms with van der Waals surface area (Å²) in [6.07, 6.45) is 10.5. The van der Waals surface area contributed by atoms with Gasteiger partial charge in [-0.05, 0) is 19.3 Å². The van der Waals surface area contributed by atoms with Gasteiger partial charge in [0.25, 0.3) is 0 Å². The smallest absolute Gasteiger partial charge is 0.244 e. The molecule has 19 heavy (non-hydrogen) atoms. The van der Waals surface area contributed by atoms with E-state index < -0.39 is 0 Å². The van der Waals surface area contributed by atoms with Gasteiger partial charge in [0, 0.05) is 19.6 Å². The molecule has 2 rings (SSSR count). The van der Waals surface area contributed by atoms with Gasteiger partial charge in [-0.1, -0.05) is 32.6 Å². The Balaban J connectivity index is 1.93. The van der Waals surface area contributed by atoms with Crippen LogP contribution in [0.15, 0.2) is 6.20 Å². The number of nitrogens with one attached hydrogen (secondary N) is 1. The van der Waals surface area contributed by atoms with Crippen molar-refractivity contribution in [3.63, 3.8) is 0 Å². The minimum absolute atomic E-state index is 0.520. The highest BCUT2D eigenvalue weighted by Gasteiger charge is 2.14. The topological polar surface area (TPSA) is 53.9 Å². The molecule has 1 aliphatic rings. The molecule has 0 bridgehead atoms. The van der Waals surface area contributed by atoms with Gasteiger partial charge in [0.2, 0.25) is 5.95 Å². The summed E-state index contributed by atoms with van der Waals surface area (Å²) in [6, 6.07) is 0.520. The third-order valence-electron chi connectivity index (χ3n) is 3.72. The molecule has 0 aliphatic heterocycles. The molecule has 1 aliphatic carbocycles. The molecule has 0 saturated heterocycles. The fourth-order valence-corrected chi connectivity index (χ4v) is 2.48. The maximum Gasteiger partial charge on any atom is 0.244 e. The van der Waals surface area contributed by atoms with Gasteiger partial charge in [-0.3, -0.25) is 0 Å². The summed E-state index contributed by atoms with van der Waals surface area (Å²) in [5, 5.41) is 11.6. The van der Waals surface area contributed by atoms with Crippen molar-refractivity contribution in [1.29, 1.82) is 0 Å². The molecular formula is C14H25N5. The van der Waals surface area contributed by atoms with Crippen molar-refractivity contribution < 1.29 is 0 Å². The first-order chi connectivity index (χ1) is 9.29. The molecule has 0 atom stereocenters. The van der Waals surface area contributed by atoms with Gasteiger partial charge in [-0.25, -0.2) is 0 Å². The van der Waals surface area contributed by atoms with Crippen molar-refractivity contribution in [2.24, 2.45) is 0 Å². The lowest BCUT2D eigenvalue weighted by molar-refractivity contribution is 0.460. The summed E-state index contributed by atoms with van der Waals surface area (Å²) in [4.78, 5) is 6.70. The van der Waals surface area contributed by atoms with Gasteiger partial charge in [0.15, 0.2) is 5.82 Å². The maximum absolute atomic E-state index is 4.56. The van der Waals surface area contributed by atoms with Crippen molar-refractivity contribution in [2.75, 3.05) is 23.8 Å². The van der Waals surface area contributed by atoms with Crippen LogP contribution in [-0.4, -0.2) is 34.8 Å². The van der Waals surface area contributed by atoms with Gasteiger partial charge in [-0.15, -0.1) is 5.10 Å². The molecule has 1 heterocycles. The average molecular weight is 263 g/mol. The average Bonchev–Trinajstić information content (AvgIpc) is 2.46. The van der Waals surface area contributed by atoms with E-state index in [2.05, 4.69) is 39.4 Å². The SMILES string of the molecule is CCCCN(C)c1cnnc(NC2CCCCC2)n1. The standard InChI is InChI=1S/C14H25N5/c1-3-4-10-19(2)13-11-15-18-14(17-13)16-12-8-6-5-7-9-12/h11-12H,3-10H2,1-2H3,(H,16,17,18). The lowest BCUT2D eigenvalue weighted by Crippen LogP contribution is -2.25. The van der Waals surface area contributed by atoms with Crippen LogP contribution in [0.4, 0.5) is 11.8 Å². The molecule has 0 spiro atoms. The first-order valence-electron chi connectivity index (χ1n) is 7.47. The minimum atomic E-state index is 0.520. The number of unbranched alkanes of at least 4 members (excludes halogenated alkanes) is 1. The zero-order valence-corrected chi connectivity index (χ0v) is 12.1. The second kappa shape index (κ2) is 7.26. The Morgan fingerprint density at radius 3 is 2.84 bits per heavy atom. The molecule has 0 unspecified atom stereocenters. The Labute approximate surface area is 115 Å². The number of anilines is 2. The highest BCUT2D eigenvalue weighted by molar-refractivity contribution is 5.39. The van der Waals surface area contributed by atoms with Crippen molar-refractivity contribution in [1.82, 2.24) is 15.2 Å². The molecule has 1 aromatic heterocycles. The van der Waals surface area contributed by atoms with Crippen LogP contribution in [0.3, 0.4) is 0 Å². The van der Waals surface area contributed by atoms with Crippen LogP contribution in [0.2, 0.25) is 0 Å². The Kier molecular flexibility index (Phi) is 5.36. The molecule has 5 heteroatoms. The van der Waals surface area contributed by atoms with Crippen LogP contribution in [0, 0.1) is 0 Å². The predicted octanol–water partition coefficient (Wildman–Crippen LogP) is 2.85. The van der Waals surface area contributed by atoms with Gasteiger partial charge in [-0.2, -0.15) is 10.1 Å². The Bertz CT molecular complexity index is 376. The van der Waals surface area contributed by atoms with Gasteiger partial charge in [0.1, 0.15) is 0 Å². The molecule has 1 saturated carbocycles. The maximum atomic E-state index is 4.56. The van der Waals surface area contributed by atoms with Crippen LogP contribution >= 0.6 is 0 Å². The van der Waals surface area contributed by atoms with E-state index in [1.807, 2.05) is 0 Å². The normalized spacial score (nSPS) is 16.3. The first-order valence-corrected chi connectivity index (χ1v) is 7.47. The zero-order valence-electron chi connectivity index (χ0n) is 12.1. The van der Waals surface area contributed by atoms with E-state index in [1.165, 1.54) is 44.9 Å². The van der Waals surface area contributed by atoms with Crippen molar-refractivity contribution in [3.05, 3.63) is 6.20 Å². The molecule has 5 nitrogen and oxygen atoms in total. The van der Waals surface area contributed by atoms with Crippen molar-refractivity contribution in [3.8, 4) is 0 Å². The Morgan fingerprint density at radius 1 is 1.32 bits per heavy atom. The van der Waals surface area contributed by atoms with E-state index in [0.717, 1.165) is 12.4 Å². The fraction of sp³-hybridized carbons (Fsp3) is 0.786. The Hall–Kier alpha value is -1.39. The molecule has 1 aromatic rings. The first kappa shape index (κ1) is 14.0. The molecule has 1 N–H and O–H groups in total. The summed E-state index contributed by atoms with van der Waals surface area (Å²) in [5.41, 5.74) is 0. The molecular weight excluding hydrogens is 238 g/mol. The van der Waals surface area contributed by atoms with E-state index in [0.29, 0.717) is 12.0 Å². The van der Waals surface area contributed by atoms with E-state index in [1.54, 1.807) is 6.20 Å². The largest absolute Gasteiger partial charge is 0.358 e. The van der Waals surface area contributed by atoms with Crippen LogP contribution < -0.4 is 10.2 Å². The zero-order chi connectivity index (χ0) is 13.5. The highest BCUT2D eigenvalue weighted by Crippen LogP contribution is 2.20. The number of hydrogen-bond acceptors (Lipinski definition) is 5. The van der Waals surface area contributed by atoms with Crippen LogP contribution in [0.1, 0.15) is 51.9 Å². The van der Waals surface area contributed by atoms with Crippen LogP contribution in [-0.2, 0) is 0 Å². The summed E-state index contributed by atoms with van der Waals surface area (Å²) in [7, 11) is 2.06.